The summed E-state index contributed by atoms with van der Waals surface area (Å²) in [4.78, 5) is 32.0. The predicted octanol–water partition coefficient (Wildman–Crippen LogP) is -0.222. The zero-order valence-electron chi connectivity index (χ0n) is 8.71. The molecule has 2 atom stereocenters. The van der Waals surface area contributed by atoms with E-state index in [1.807, 2.05) is 0 Å². The first-order chi connectivity index (χ1) is 7.25. The highest BCUT2D eigenvalue weighted by Gasteiger charge is 2.49. The lowest BCUT2D eigenvalue weighted by Gasteiger charge is -2.27. The summed E-state index contributed by atoms with van der Waals surface area (Å²) < 4.78 is 0. The van der Waals surface area contributed by atoms with E-state index in [2.05, 4.69) is 0 Å². The van der Waals surface area contributed by atoms with E-state index in [-0.39, 0.29) is 6.42 Å². The van der Waals surface area contributed by atoms with Crippen molar-refractivity contribution in [2.45, 2.75) is 31.8 Å². The third kappa shape index (κ3) is 3.20. The molecule has 0 spiro atoms. The lowest BCUT2D eigenvalue weighted by molar-refractivity contribution is -0.179. The second-order valence-electron chi connectivity index (χ2n) is 3.48. The van der Waals surface area contributed by atoms with Crippen molar-refractivity contribution < 1.29 is 34.8 Å². The summed E-state index contributed by atoms with van der Waals surface area (Å²) in [6.45, 7) is 1.61. The Bertz CT molecular complexity index is 298. The average molecular weight is 234 g/mol. The maximum atomic E-state index is 10.8. The first-order valence-electron chi connectivity index (χ1n) is 4.66. The molecule has 0 radical (unpaired) electrons. The lowest BCUT2D eigenvalue weighted by Crippen LogP contribution is -2.50. The van der Waals surface area contributed by atoms with E-state index in [4.69, 9.17) is 15.3 Å². The first kappa shape index (κ1) is 14.4. The van der Waals surface area contributed by atoms with Gasteiger partial charge in [0.05, 0.1) is 12.3 Å². The van der Waals surface area contributed by atoms with Gasteiger partial charge in [0.2, 0.25) is 0 Å². The number of aliphatic hydroxyl groups is 1. The fraction of sp³-hybridized carbons (Fsp3) is 0.667. The number of aliphatic carboxylic acids is 3. The van der Waals surface area contributed by atoms with E-state index in [0.717, 1.165) is 0 Å². The van der Waals surface area contributed by atoms with Crippen LogP contribution in [0.4, 0.5) is 0 Å². The summed E-state index contributed by atoms with van der Waals surface area (Å²) in [5.41, 5.74) is -2.77. The molecule has 0 bridgehead atoms. The first-order valence-corrected chi connectivity index (χ1v) is 4.66. The predicted molar refractivity (Wildman–Crippen MR) is 50.9 cm³/mol. The number of hydrogen-bond donors (Lipinski definition) is 4. The van der Waals surface area contributed by atoms with Gasteiger partial charge in [0, 0.05) is 0 Å². The zero-order valence-corrected chi connectivity index (χ0v) is 8.71. The van der Waals surface area contributed by atoms with Gasteiger partial charge < -0.3 is 20.4 Å². The van der Waals surface area contributed by atoms with Crippen LogP contribution in [0.25, 0.3) is 0 Å². The highest BCUT2D eigenvalue weighted by molar-refractivity contribution is 5.89. The molecule has 0 saturated heterocycles. The summed E-state index contributed by atoms with van der Waals surface area (Å²) in [5.74, 6) is -6.55. The second-order valence-corrected chi connectivity index (χ2v) is 3.48. The standard InChI is InChI=1S/C9H14O7/c1-2-3-5(7(12)13)9(16,8(14)15)4-6(10)11/h5,16H,2-4H2,1H3,(H,10,11)(H,12,13)(H,14,15)/t5-,9-/m1/s1. The van der Waals surface area contributed by atoms with Gasteiger partial charge in [-0.25, -0.2) is 4.79 Å². The van der Waals surface area contributed by atoms with Crippen LogP contribution in [0.1, 0.15) is 26.2 Å². The molecule has 92 valence electrons. The Hall–Kier alpha value is -1.63. The maximum absolute atomic E-state index is 10.8. The van der Waals surface area contributed by atoms with Crippen LogP contribution in [0.15, 0.2) is 0 Å². The summed E-state index contributed by atoms with van der Waals surface area (Å²) >= 11 is 0. The van der Waals surface area contributed by atoms with Gasteiger partial charge in [0.15, 0.2) is 5.60 Å². The SMILES string of the molecule is CCC[C@H](C(=O)O)[C@](O)(CC(=O)O)C(=O)O. The minimum atomic E-state index is -2.77. The van der Waals surface area contributed by atoms with Gasteiger partial charge >= 0.3 is 17.9 Å². The maximum Gasteiger partial charge on any atom is 0.337 e. The number of hydrogen-bond acceptors (Lipinski definition) is 4. The highest BCUT2D eigenvalue weighted by atomic mass is 16.4. The van der Waals surface area contributed by atoms with Crippen LogP contribution in [0.5, 0.6) is 0 Å². The van der Waals surface area contributed by atoms with Gasteiger partial charge in [-0.1, -0.05) is 13.3 Å². The van der Waals surface area contributed by atoms with Crippen molar-refractivity contribution >= 4 is 17.9 Å². The van der Waals surface area contributed by atoms with Crippen LogP contribution in [0.2, 0.25) is 0 Å². The monoisotopic (exact) mass is 234 g/mol. The molecule has 0 fully saturated rings. The largest absolute Gasteiger partial charge is 0.481 e. The van der Waals surface area contributed by atoms with Gasteiger partial charge in [0.1, 0.15) is 0 Å². The Labute approximate surface area is 91.3 Å². The third-order valence-electron chi connectivity index (χ3n) is 2.24. The highest BCUT2D eigenvalue weighted by Crippen LogP contribution is 2.27. The quantitative estimate of drug-likeness (QED) is 0.478. The van der Waals surface area contributed by atoms with Crippen molar-refractivity contribution in [1.82, 2.24) is 0 Å². The van der Waals surface area contributed by atoms with E-state index in [1.54, 1.807) is 6.92 Å². The van der Waals surface area contributed by atoms with E-state index < -0.39 is 35.8 Å². The van der Waals surface area contributed by atoms with E-state index >= 15 is 0 Å². The number of carboxylic acids is 3. The number of carboxylic acid groups (broad SMARTS) is 3. The van der Waals surface area contributed by atoms with Gasteiger partial charge in [-0.3, -0.25) is 9.59 Å². The topological polar surface area (TPSA) is 132 Å². The van der Waals surface area contributed by atoms with Gasteiger partial charge in [0.25, 0.3) is 0 Å². The average Bonchev–Trinajstić information content (AvgIpc) is 2.11. The van der Waals surface area contributed by atoms with Crippen LogP contribution in [-0.4, -0.2) is 43.9 Å². The summed E-state index contributed by atoms with van der Waals surface area (Å²) in [7, 11) is 0. The van der Waals surface area contributed by atoms with Crippen molar-refractivity contribution in [3.05, 3.63) is 0 Å². The Morgan fingerprint density at radius 2 is 1.69 bits per heavy atom. The fourth-order valence-corrected chi connectivity index (χ4v) is 1.43. The zero-order chi connectivity index (χ0) is 12.9. The van der Waals surface area contributed by atoms with Gasteiger partial charge in [-0.15, -0.1) is 0 Å². The van der Waals surface area contributed by atoms with Gasteiger partial charge in [-0.05, 0) is 6.42 Å². The van der Waals surface area contributed by atoms with Crippen LogP contribution in [0.3, 0.4) is 0 Å². The summed E-state index contributed by atoms with van der Waals surface area (Å²) in [6.07, 6.45) is -0.920. The Kier molecular flexibility index (Phi) is 4.90. The van der Waals surface area contributed by atoms with Crippen LogP contribution in [-0.2, 0) is 14.4 Å². The molecular formula is C9H14O7. The number of carbonyl (C=O) groups is 3. The molecule has 0 aliphatic carbocycles. The Morgan fingerprint density at radius 3 is 1.94 bits per heavy atom. The summed E-state index contributed by atoms with van der Waals surface area (Å²) in [6, 6.07) is 0. The Balaban J connectivity index is 5.19. The van der Waals surface area contributed by atoms with Crippen molar-refractivity contribution in [3.63, 3.8) is 0 Å². The molecule has 7 nitrogen and oxygen atoms in total. The molecule has 0 saturated carbocycles. The van der Waals surface area contributed by atoms with Crippen molar-refractivity contribution in [3.8, 4) is 0 Å². The molecule has 0 aliphatic rings. The molecule has 0 heterocycles. The molecule has 0 aromatic carbocycles. The lowest BCUT2D eigenvalue weighted by atomic mass is 9.81. The van der Waals surface area contributed by atoms with Gasteiger partial charge in [-0.2, -0.15) is 0 Å². The molecule has 4 N–H and O–H groups in total. The normalized spacial score (nSPS) is 16.1. The van der Waals surface area contributed by atoms with Crippen LogP contribution < -0.4 is 0 Å². The van der Waals surface area contributed by atoms with E-state index in [0.29, 0.717) is 6.42 Å². The minimum absolute atomic E-state index is 0.106. The summed E-state index contributed by atoms with van der Waals surface area (Å²) in [5, 5.41) is 35.7. The third-order valence-corrected chi connectivity index (χ3v) is 2.24. The van der Waals surface area contributed by atoms with Crippen molar-refractivity contribution in [1.29, 1.82) is 0 Å². The van der Waals surface area contributed by atoms with Crippen LogP contribution >= 0.6 is 0 Å². The van der Waals surface area contributed by atoms with E-state index in [9.17, 15) is 19.5 Å². The minimum Gasteiger partial charge on any atom is -0.481 e. The van der Waals surface area contributed by atoms with Crippen molar-refractivity contribution in [2.75, 3.05) is 0 Å². The molecule has 0 aliphatic heterocycles. The molecule has 0 rings (SSSR count). The molecule has 0 amide bonds. The molecule has 0 aromatic rings. The fourth-order valence-electron chi connectivity index (χ4n) is 1.43. The van der Waals surface area contributed by atoms with E-state index in [1.165, 1.54) is 0 Å². The molecule has 0 unspecified atom stereocenters. The number of rotatable bonds is 7. The molecule has 7 heteroatoms. The van der Waals surface area contributed by atoms with Crippen LogP contribution in [0, 0.1) is 5.92 Å². The van der Waals surface area contributed by atoms with Crippen molar-refractivity contribution in [2.24, 2.45) is 5.92 Å². The smallest absolute Gasteiger partial charge is 0.337 e. The second kappa shape index (κ2) is 5.45. The molecular weight excluding hydrogens is 220 g/mol. The molecule has 0 aromatic heterocycles. The molecule has 16 heavy (non-hydrogen) atoms. The Morgan fingerprint density at radius 1 is 1.19 bits per heavy atom.